The summed E-state index contributed by atoms with van der Waals surface area (Å²) in [5.41, 5.74) is 16.8. The molecule has 0 N–H and O–H groups in total. The number of hydrogen-bond acceptors (Lipinski definition) is 0. The number of nitrogens with zero attached hydrogens (tertiary/aromatic N) is 2. The molecule has 2 aromatic heterocycles. The number of para-hydroxylation sites is 4. The molecule has 2 heteroatoms. The average molecular weight is 761 g/mol. The second-order valence-corrected chi connectivity index (χ2v) is 16.0. The van der Waals surface area contributed by atoms with Crippen LogP contribution in [0.4, 0.5) is 0 Å². The third-order valence-electron chi connectivity index (χ3n) is 12.9. The summed E-state index contributed by atoms with van der Waals surface area (Å²) in [6.07, 6.45) is 0. The van der Waals surface area contributed by atoms with Crippen molar-refractivity contribution in [2.75, 3.05) is 0 Å². The number of rotatable bonds is 3. The van der Waals surface area contributed by atoms with Crippen molar-refractivity contribution >= 4 is 54.1 Å². The van der Waals surface area contributed by atoms with Crippen molar-refractivity contribution in [3.63, 3.8) is 0 Å². The highest BCUT2D eigenvalue weighted by Gasteiger charge is 2.32. The Morgan fingerprint density at radius 1 is 0.233 bits per heavy atom. The largest absolute Gasteiger partial charge is 0.309 e. The van der Waals surface area contributed by atoms with Gasteiger partial charge in [-0.25, -0.2) is 0 Å². The molecule has 0 saturated heterocycles. The van der Waals surface area contributed by atoms with E-state index in [9.17, 15) is 0 Å². The fourth-order valence-corrected chi connectivity index (χ4v) is 10.4. The van der Waals surface area contributed by atoms with E-state index in [4.69, 9.17) is 0 Å². The normalized spacial score (nSPS) is 12.0. The van der Waals surface area contributed by atoms with Crippen molar-refractivity contribution in [3.8, 4) is 67.3 Å². The Kier molecular flexibility index (Phi) is 7.05. The van der Waals surface area contributed by atoms with Crippen LogP contribution in [0.3, 0.4) is 0 Å². The summed E-state index contributed by atoms with van der Waals surface area (Å²) < 4.78 is 4.99. The molecule has 0 unspecified atom stereocenters. The van der Waals surface area contributed by atoms with Gasteiger partial charge >= 0.3 is 0 Å². The van der Waals surface area contributed by atoms with Crippen molar-refractivity contribution < 1.29 is 0 Å². The first-order chi connectivity index (χ1) is 29.8. The van der Waals surface area contributed by atoms with Crippen molar-refractivity contribution in [1.82, 2.24) is 9.13 Å². The zero-order valence-corrected chi connectivity index (χ0v) is 32.7. The van der Waals surface area contributed by atoms with Gasteiger partial charge in [0.25, 0.3) is 0 Å². The molecule has 10 aromatic carbocycles. The molecule has 0 bridgehead atoms. The lowest BCUT2D eigenvalue weighted by molar-refractivity contribution is 1.13. The number of benzene rings is 10. The van der Waals surface area contributed by atoms with Gasteiger partial charge in [0, 0.05) is 44.4 Å². The van der Waals surface area contributed by atoms with Crippen LogP contribution < -0.4 is 0 Å². The quantitative estimate of drug-likeness (QED) is 0.159. The zero-order chi connectivity index (χ0) is 39.3. The minimum atomic E-state index is 1.14. The van der Waals surface area contributed by atoms with Gasteiger partial charge in [0.05, 0.1) is 22.4 Å². The molecule has 2 nitrogen and oxygen atoms in total. The van der Waals surface area contributed by atoms with Crippen LogP contribution in [-0.2, 0) is 0 Å². The first kappa shape index (κ1) is 33.1. The summed E-state index contributed by atoms with van der Waals surface area (Å²) in [5.74, 6) is 0. The van der Waals surface area contributed by atoms with Gasteiger partial charge in [-0.3, -0.25) is 0 Å². The third-order valence-corrected chi connectivity index (χ3v) is 12.9. The lowest BCUT2D eigenvalue weighted by Crippen LogP contribution is -2.03. The third kappa shape index (κ3) is 4.64. The van der Waals surface area contributed by atoms with Crippen molar-refractivity contribution in [2.24, 2.45) is 0 Å². The fraction of sp³-hybridized carbons (Fsp3) is 0. The van der Waals surface area contributed by atoms with Crippen LogP contribution >= 0.6 is 0 Å². The molecule has 0 radical (unpaired) electrons. The van der Waals surface area contributed by atoms with E-state index in [2.05, 4.69) is 228 Å². The highest BCUT2D eigenvalue weighted by Crippen LogP contribution is 2.55. The fourth-order valence-electron chi connectivity index (χ4n) is 10.4. The highest BCUT2D eigenvalue weighted by atomic mass is 15.0. The maximum Gasteiger partial charge on any atom is 0.0625 e. The summed E-state index contributed by atoms with van der Waals surface area (Å²) in [4.78, 5) is 0. The first-order valence-electron chi connectivity index (χ1n) is 20.8. The second kappa shape index (κ2) is 12.8. The molecule has 0 spiro atoms. The maximum atomic E-state index is 2.49. The molecule has 278 valence electrons. The molecule has 0 saturated carbocycles. The minimum Gasteiger partial charge on any atom is -0.309 e. The first-order valence-corrected chi connectivity index (χ1v) is 20.8. The van der Waals surface area contributed by atoms with Crippen molar-refractivity contribution in [2.45, 2.75) is 0 Å². The molecule has 1 aliphatic rings. The van der Waals surface area contributed by atoms with Crippen LogP contribution in [0.25, 0.3) is 121 Å². The Balaban J connectivity index is 1.20. The monoisotopic (exact) mass is 760 g/mol. The van der Waals surface area contributed by atoms with E-state index in [-0.39, 0.29) is 0 Å². The molecule has 60 heavy (non-hydrogen) atoms. The summed E-state index contributed by atoms with van der Waals surface area (Å²) in [7, 11) is 0. The standard InChI is InChI=1S/C58H36N2/c1-3-17-39(18-4-1)59-54-30-16-14-28-50(54)56-52-36-38(37-31-33-45-43-23-8-7-21-41(43)42-22-9-10-24-44(42)51(45)35-37)32-34-48(52)58-55(46-25-11-12-26-47(46)57(56)59)49-27-13-15-29-53(49)60(58)40-19-5-2-6-20-40/h1-36H. The Morgan fingerprint density at radius 2 is 0.617 bits per heavy atom. The highest BCUT2D eigenvalue weighted by molar-refractivity contribution is 6.26. The Labute approximate surface area is 347 Å². The van der Waals surface area contributed by atoms with Crippen molar-refractivity contribution in [1.29, 1.82) is 0 Å². The van der Waals surface area contributed by atoms with Gasteiger partial charge in [-0.15, -0.1) is 0 Å². The molecule has 0 amide bonds. The van der Waals surface area contributed by atoms with E-state index in [0.29, 0.717) is 0 Å². The van der Waals surface area contributed by atoms with Crippen LogP contribution in [0, 0.1) is 0 Å². The summed E-state index contributed by atoms with van der Waals surface area (Å²) in [6, 6.07) is 80.7. The molecule has 0 aliphatic heterocycles. The maximum absolute atomic E-state index is 2.49. The SMILES string of the molecule is c1ccc(-n2c3c(c4ccccc42)-c2ccccc2-c2c(c4ccccc4n2-c2ccccc2)-c2cc(-c4ccc5c6ccccc6c6ccccc6c5c4)ccc2-3)cc1. The predicted octanol–water partition coefficient (Wildman–Crippen LogP) is 15.7. The predicted molar refractivity (Wildman–Crippen MR) is 253 cm³/mol. The Hall–Kier alpha value is -7.94. The zero-order valence-electron chi connectivity index (χ0n) is 32.7. The molecule has 13 rings (SSSR count). The average Bonchev–Trinajstić information content (AvgIpc) is 3.85. The van der Waals surface area contributed by atoms with E-state index < -0.39 is 0 Å². The van der Waals surface area contributed by atoms with Crippen LogP contribution in [0.15, 0.2) is 218 Å². The summed E-state index contributed by atoms with van der Waals surface area (Å²) >= 11 is 0. The van der Waals surface area contributed by atoms with Crippen LogP contribution in [0.2, 0.25) is 0 Å². The van der Waals surface area contributed by atoms with Gasteiger partial charge in [-0.05, 0) is 103 Å². The van der Waals surface area contributed by atoms with Gasteiger partial charge in [-0.1, -0.05) is 170 Å². The van der Waals surface area contributed by atoms with E-state index in [1.807, 2.05) is 0 Å². The van der Waals surface area contributed by atoms with E-state index in [0.717, 1.165) is 11.4 Å². The van der Waals surface area contributed by atoms with E-state index in [1.165, 1.54) is 110 Å². The Bertz CT molecular complexity index is 3620. The number of aromatic nitrogens is 2. The molecule has 0 fully saturated rings. The molecular weight excluding hydrogens is 725 g/mol. The van der Waals surface area contributed by atoms with Gasteiger partial charge in [0.15, 0.2) is 0 Å². The lowest BCUT2D eigenvalue weighted by Gasteiger charge is -2.23. The molecule has 0 atom stereocenters. The van der Waals surface area contributed by atoms with E-state index >= 15 is 0 Å². The molecule has 1 aliphatic carbocycles. The lowest BCUT2D eigenvalue weighted by atomic mass is 9.83. The summed E-state index contributed by atoms with van der Waals surface area (Å²) in [6.45, 7) is 0. The molecule has 12 aromatic rings. The summed E-state index contributed by atoms with van der Waals surface area (Å²) in [5, 5.41) is 10.2. The van der Waals surface area contributed by atoms with Gasteiger partial charge in [-0.2, -0.15) is 0 Å². The van der Waals surface area contributed by atoms with Crippen LogP contribution in [0.5, 0.6) is 0 Å². The van der Waals surface area contributed by atoms with Gasteiger partial charge < -0.3 is 9.13 Å². The van der Waals surface area contributed by atoms with Gasteiger partial charge in [0.1, 0.15) is 0 Å². The number of hydrogen-bond donors (Lipinski definition) is 0. The smallest absolute Gasteiger partial charge is 0.0625 e. The minimum absolute atomic E-state index is 1.14. The number of fused-ring (bicyclic) bond motifs is 18. The van der Waals surface area contributed by atoms with Crippen LogP contribution in [0.1, 0.15) is 0 Å². The molecule has 2 heterocycles. The second-order valence-electron chi connectivity index (χ2n) is 16.0. The van der Waals surface area contributed by atoms with Crippen molar-refractivity contribution in [3.05, 3.63) is 218 Å². The van der Waals surface area contributed by atoms with Gasteiger partial charge in [0.2, 0.25) is 0 Å². The molecular formula is C58H36N2. The van der Waals surface area contributed by atoms with Crippen LogP contribution in [-0.4, -0.2) is 9.13 Å². The Morgan fingerprint density at radius 3 is 1.18 bits per heavy atom. The van der Waals surface area contributed by atoms with E-state index in [1.54, 1.807) is 0 Å². The topological polar surface area (TPSA) is 9.86 Å².